The van der Waals surface area contributed by atoms with Crippen LogP contribution in [0.25, 0.3) is 0 Å². The minimum absolute atomic E-state index is 0.116. The Bertz CT molecular complexity index is 396. The maximum atomic E-state index is 12.6. The molecule has 0 aromatic carbocycles. The second-order valence-corrected chi connectivity index (χ2v) is 9.59. The summed E-state index contributed by atoms with van der Waals surface area (Å²) in [6, 6.07) is 0. The number of hydrogen-bond acceptors (Lipinski definition) is 3. The largest absolute Gasteiger partial charge is 0.379 e. The van der Waals surface area contributed by atoms with E-state index in [1.165, 1.54) is 25.7 Å². The van der Waals surface area contributed by atoms with Crippen molar-refractivity contribution in [3.05, 3.63) is 0 Å². The number of hydrogen-bond donors (Lipinski definition) is 1. The third-order valence-corrected chi connectivity index (χ3v) is 6.92. The Kier molecular flexibility index (Phi) is 14.9. The Morgan fingerprint density at radius 1 is 0.840 bits per heavy atom. The quantitative estimate of drug-likeness (QED) is 0.351. The van der Waals surface area contributed by atoms with Crippen molar-refractivity contribution in [3.8, 4) is 0 Å². The fourth-order valence-electron chi connectivity index (χ4n) is 2.98. The summed E-state index contributed by atoms with van der Waals surface area (Å²) in [5.74, 6) is 0.116. The van der Waals surface area contributed by atoms with Gasteiger partial charge in [0.1, 0.15) is 0 Å². The molecule has 0 aliphatic rings. The van der Waals surface area contributed by atoms with E-state index >= 15 is 0 Å². The van der Waals surface area contributed by atoms with E-state index in [0.29, 0.717) is 13.0 Å². The monoisotopic (exact) mass is 377 g/mol. The number of unbranched alkanes of at least 4 members (excludes halogenated alkanes) is 6. The van der Waals surface area contributed by atoms with Gasteiger partial charge in [-0.05, 0) is 38.5 Å². The van der Waals surface area contributed by atoms with Crippen LogP contribution in [0.1, 0.15) is 98.8 Å². The van der Waals surface area contributed by atoms with Crippen LogP contribution in [-0.2, 0) is 14.8 Å². The molecule has 2 atom stereocenters. The van der Waals surface area contributed by atoms with Gasteiger partial charge in [0, 0.05) is 13.2 Å². The van der Waals surface area contributed by atoms with E-state index in [1.54, 1.807) is 0 Å². The summed E-state index contributed by atoms with van der Waals surface area (Å²) in [5, 5.41) is -0.329. The summed E-state index contributed by atoms with van der Waals surface area (Å²) < 4.78 is 33.9. The zero-order valence-electron chi connectivity index (χ0n) is 17.4. The molecular formula is C20H43NO3S. The van der Waals surface area contributed by atoms with Crippen molar-refractivity contribution < 1.29 is 13.2 Å². The Morgan fingerprint density at radius 3 is 2.04 bits per heavy atom. The molecule has 0 aromatic heterocycles. The molecule has 0 rings (SSSR count). The van der Waals surface area contributed by atoms with Crippen LogP contribution >= 0.6 is 0 Å². The highest BCUT2D eigenvalue weighted by atomic mass is 32.2. The molecule has 0 aromatic rings. The zero-order valence-corrected chi connectivity index (χ0v) is 18.2. The number of sulfonamides is 1. The van der Waals surface area contributed by atoms with Gasteiger partial charge in [0.25, 0.3) is 0 Å². The van der Waals surface area contributed by atoms with Gasteiger partial charge < -0.3 is 4.74 Å². The van der Waals surface area contributed by atoms with Crippen LogP contribution in [-0.4, -0.2) is 32.9 Å². The zero-order chi connectivity index (χ0) is 19.1. The molecule has 0 radical (unpaired) electrons. The van der Waals surface area contributed by atoms with Crippen LogP contribution in [0.15, 0.2) is 0 Å². The second-order valence-electron chi connectivity index (χ2n) is 7.60. The Hall–Kier alpha value is -0.130. The predicted octanol–water partition coefficient (Wildman–Crippen LogP) is 5.28. The molecule has 0 aliphatic carbocycles. The normalized spacial score (nSPS) is 14.8. The Balaban J connectivity index is 4.20. The van der Waals surface area contributed by atoms with E-state index in [4.69, 9.17) is 4.74 Å². The van der Waals surface area contributed by atoms with Gasteiger partial charge in [0.2, 0.25) is 10.0 Å². The lowest BCUT2D eigenvalue weighted by Crippen LogP contribution is -2.38. The molecule has 0 bridgehead atoms. The van der Waals surface area contributed by atoms with E-state index < -0.39 is 10.0 Å². The number of rotatable bonds is 17. The van der Waals surface area contributed by atoms with Crippen molar-refractivity contribution in [2.75, 3.05) is 13.2 Å². The maximum Gasteiger partial charge on any atom is 0.214 e. The van der Waals surface area contributed by atoms with E-state index in [9.17, 15) is 8.42 Å². The van der Waals surface area contributed by atoms with Crippen LogP contribution in [0, 0.1) is 5.92 Å². The molecular weight excluding hydrogens is 334 g/mol. The molecule has 4 nitrogen and oxygen atoms in total. The second kappa shape index (κ2) is 15.0. The lowest BCUT2D eigenvalue weighted by atomic mass is 10.0. The predicted molar refractivity (Wildman–Crippen MR) is 108 cm³/mol. The molecule has 25 heavy (non-hydrogen) atoms. The third kappa shape index (κ3) is 12.8. The molecule has 0 heterocycles. The lowest BCUT2D eigenvalue weighted by molar-refractivity contribution is 0.0563. The average Bonchev–Trinajstić information content (AvgIpc) is 2.53. The van der Waals surface area contributed by atoms with Crippen molar-refractivity contribution in [1.82, 2.24) is 4.72 Å². The van der Waals surface area contributed by atoms with Gasteiger partial charge >= 0.3 is 0 Å². The minimum Gasteiger partial charge on any atom is -0.379 e. The third-order valence-electron chi connectivity index (χ3n) is 4.73. The molecule has 0 aliphatic heterocycles. The molecule has 152 valence electrons. The highest BCUT2D eigenvalue weighted by Crippen LogP contribution is 2.19. The molecule has 0 fully saturated rings. The van der Waals surface area contributed by atoms with E-state index in [2.05, 4.69) is 18.6 Å². The highest BCUT2D eigenvalue weighted by molar-refractivity contribution is 7.90. The van der Waals surface area contributed by atoms with Crippen LogP contribution in [0.2, 0.25) is 0 Å². The maximum absolute atomic E-state index is 12.6. The smallest absolute Gasteiger partial charge is 0.214 e. The van der Waals surface area contributed by atoms with Crippen LogP contribution in [0.4, 0.5) is 0 Å². The fourth-order valence-corrected chi connectivity index (χ4v) is 4.79. The van der Waals surface area contributed by atoms with Crippen molar-refractivity contribution in [2.45, 2.75) is 110 Å². The molecule has 1 N–H and O–H groups in total. The average molecular weight is 378 g/mol. The van der Waals surface area contributed by atoms with Crippen molar-refractivity contribution in [1.29, 1.82) is 0 Å². The van der Waals surface area contributed by atoms with Gasteiger partial charge in [-0.1, -0.05) is 66.2 Å². The Morgan fingerprint density at radius 2 is 1.44 bits per heavy atom. The summed E-state index contributed by atoms with van der Waals surface area (Å²) in [6.07, 6.45) is 10.8. The number of ether oxygens (including phenoxy) is 1. The first-order chi connectivity index (χ1) is 11.8. The minimum atomic E-state index is -3.25. The number of nitrogens with one attached hydrogen (secondary N) is 1. The fraction of sp³-hybridized carbons (Fsp3) is 1.00. The van der Waals surface area contributed by atoms with E-state index in [-0.39, 0.29) is 17.3 Å². The molecule has 2 unspecified atom stereocenters. The topological polar surface area (TPSA) is 55.4 Å². The standard InChI is InChI=1S/C20H43NO3S/c1-6-8-10-11-12-13-16-21-25(22,23)20(18(3)4)15-14-19(5)24-17-9-7-2/h18-21H,6-17H2,1-5H3. The summed E-state index contributed by atoms with van der Waals surface area (Å²) >= 11 is 0. The van der Waals surface area contributed by atoms with E-state index in [0.717, 1.165) is 38.7 Å². The van der Waals surface area contributed by atoms with Gasteiger partial charge in [-0.3, -0.25) is 0 Å². The summed E-state index contributed by atoms with van der Waals surface area (Å²) in [4.78, 5) is 0. The first-order valence-electron chi connectivity index (χ1n) is 10.4. The molecule has 0 saturated carbocycles. The van der Waals surface area contributed by atoms with Crippen molar-refractivity contribution in [3.63, 3.8) is 0 Å². The van der Waals surface area contributed by atoms with E-state index in [1.807, 2.05) is 20.8 Å². The SMILES string of the molecule is CCCCCCCCNS(=O)(=O)C(CCC(C)OCCCC)C(C)C. The van der Waals surface area contributed by atoms with Crippen LogP contribution < -0.4 is 4.72 Å². The highest BCUT2D eigenvalue weighted by Gasteiger charge is 2.28. The summed E-state index contributed by atoms with van der Waals surface area (Å²) in [5.41, 5.74) is 0. The first kappa shape index (κ1) is 24.9. The van der Waals surface area contributed by atoms with Gasteiger partial charge in [-0.15, -0.1) is 0 Å². The molecule has 0 saturated heterocycles. The van der Waals surface area contributed by atoms with Gasteiger partial charge in [0.05, 0.1) is 11.4 Å². The summed E-state index contributed by atoms with van der Waals surface area (Å²) in [6.45, 7) is 11.7. The lowest BCUT2D eigenvalue weighted by Gasteiger charge is -2.23. The van der Waals surface area contributed by atoms with Crippen molar-refractivity contribution >= 4 is 10.0 Å². The Labute approximate surface area is 157 Å². The van der Waals surface area contributed by atoms with Gasteiger partial charge in [0.15, 0.2) is 0 Å². The molecule has 0 amide bonds. The van der Waals surface area contributed by atoms with Crippen molar-refractivity contribution in [2.24, 2.45) is 5.92 Å². The molecule has 5 heteroatoms. The van der Waals surface area contributed by atoms with Crippen LogP contribution in [0.3, 0.4) is 0 Å². The molecule has 0 spiro atoms. The van der Waals surface area contributed by atoms with Gasteiger partial charge in [-0.25, -0.2) is 13.1 Å². The first-order valence-corrected chi connectivity index (χ1v) is 12.0. The summed E-state index contributed by atoms with van der Waals surface area (Å²) in [7, 11) is -3.25. The van der Waals surface area contributed by atoms with Crippen LogP contribution in [0.5, 0.6) is 0 Å². The van der Waals surface area contributed by atoms with Gasteiger partial charge in [-0.2, -0.15) is 0 Å².